The minimum absolute atomic E-state index is 0.0115. The lowest BCUT2D eigenvalue weighted by Crippen LogP contribution is -2.19. The molecule has 0 aromatic heterocycles. The Kier molecular flexibility index (Phi) is 4.48. The van der Waals surface area contributed by atoms with Gasteiger partial charge in [-0.1, -0.05) is 30.3 Å². The molecule has 1 atom stereocenters. The topological polar surface area (TPSA) is 49.3 Å². The fraction of sp³-hybridized carbons (Fsp3) is 0.188. The summed E-state index contributed by atoms with van der Waals surface area (Å²) in [5.41, 5.74) is 1.99. The molecule has 0 aliphatic carbocycles. The van der Waals surface area contributed by atoms with Gasteiger partial charge in [-0.3, -0.25) is 0 Å². The van der Waals surface area contributed by atoms with Gasteiger partial charge in [0.1, 0.15) is 5.82 Å². The first-order valence-electron chi connectivity index (χ1n) is 6.38. The predicted octanol–water partition coefficient (Wildman–Crippen LogP) is 3.37. The number of hydrogen-bond donors (Lipinski definition) is 2. The monoisotopic (exact) mass is 273 g/mol. The zero-order valence-electron chi connectivity index (χ0n) is 11.1. The van der Waals surface area contributed by atoms with Gasteiger partial charge in [0.25, 0.3) is 0 Å². The lowest BCUT2D eigenvalue weighted by molar-refractivity contribution is 0.0695. The van der Waals surface area contributed by atoms with E-state index in [4.69, 9.17) is 5.11 Å². The predicted molar refractivity (Wildman–Crippen MR) is 75.1 cm³/mol. The number of benzene rings is 2. The Bertz CT molecular complexity index is 596. The van der Waals surface area contributed by atoms with Crippen LogP contribution in [-0.4, -0.2) is 11.1 Å². The van der Waals surface area contributed by atoms with Crippen LogP contribution in [0.15, 0.2) is 48.5 Å². The summed E-state index contributed by atoms with van der Waals surface area (Å²) in [5, 5.41) is 12.4. The summed E-state index contributed by atoms with van der Waals surface area (Å²) < 4.78 is 12.9. The average molecular weight is 273 g/mol. The zero-order chi connectivity index (χ0) is 14.5. The van der Waals surface area contributed by atoms with Gasteiger partial charge < -0.3 is 10.4 Å². The highest BCUT2D eigenvalue weighted by atomic mass is 19.1. The highest BCUT2D eigenvalue weighted by Crippen LogP contribution is 2.15. The van der Waals surface area contributed by atoms with Crippen LogP contribution in [0.4, 0.5) is 4.39 Å². The Morgan fingerprint density at radius 3 is 2.50 bits per heavy atom. The molecule has 0 amide bonds. The van der Waals surface area contributed by atoms with Crippen molar-refractivity contribution in [3.8, 4) is 0 Å². The van der Waals surface area contributed by atoms with Crippen LogP contribution in [0.2, 0.25) is 0 Å². The van der Waals surface area contributed by atoms with E-state index in [1.165, 1.54) is 12.1 Å². The van der Waals surface area contributed by atoms with E-state index in [-0.39, 0.29) is 11.9 Å². The highest BCUT2D eigenvalue weighted by molar-refractivity contribution is 5.89. The molecule has 104 valence electrons. The van der Waals surface area contributed by atoms with Gasteiger partial charge in [0.15, 0.2) is 0 Å². The van der Waals surface area contributed by atoms with E-state index in [2.05, 4.69) is 5.32 Å². The molecule has 2 N–H and O–H groups in total. The van der Waals surface area contributed by atoms with E-state index in [9.17, 15) is 9.18 Å². The summed E-state index contributed by atoms with van der Waals surface area (Å²) in [7, 11) is 0. The molecular formula is C16H16FNO2. The Labute approximate surface area is 117 Å². The summed E-state index contributed by atoms with van der Waals surface area (Å²) in [6, 6.07) is 13.2. The second-order valence-electron chi connectivity index (χ2n) is 4.62. The van der Waals surface area contributed by atoms with Crippen LogP contribution in [0.5, 0.6) is 0 Å². The van der Waals surface area contributed by atoms with Crippen LogP contribution in [-0.2, 0) is 6.54 Å². The smallest absolute Gasteiger partial charge is 0.336 e. The van der Waals surface area contributed by atoms with Gasteiger partial charge in [-0.2, -0.15) is 0 Å². The second-order valence-corrected chi connectivity index (χ2v) is 4.62. The van der Waals surface area contributed by atoms with Crippen molar-refractivity contribution in [2.24, 2.45) is 0 Å². The molecule has 2 aromatic carbocycles. The lowest BCUT2D eigenvalue weighted by Gasteiger charge is -2.15. The molecule has 0 saturated carbocycles. The number of carboxylic acids is 1. The van der Waals surface area contributed by atoms with Crippen LogP contribution in [0.3, 0.4) is 0 Å². The minimum Gasteiger partial charge on any atom is -0.478 e. The Balaban J connectivity index is 2.05. The summed E-state index contributed by atoms with van der Waals surface area (Å²) >= 11 is 0. The summed E-state index contributed by atoms with van der Waals surface area (Å²) in [6.07, 6.45) is 0. The maximum Gasteiger partial charge on any atom is 0.336 e. The molecule has 0 spiro atoms. The molecule has 0 bridgehead atoms. The van der Waals surface area contributed by atoms with Crippen molar-refractivity contribution in [3.05, 3.63) is 71.0 Å². The van der Waals surface area contributed by atoms with Gasteiger partial charge >= 0.3 is 5.97 Å². The van der Waals surface area contributed by atoms with Crippen LogP contribution >= 0.6 is 0 Å². The SMILES string of the molecule is C[C@H](NCc1ccccc1C(=O)O)c1ccc(F)cc1. The number of rotatable bonds is 5. The first kappa shape index (κ1) is 14.2. The second kappa shape index (κ2) is 6.30. The van der Waals surface area contributed by atoms with Crippen molar-refractivity contribution in [2.45, 2.75) is 19.5 Å². The molecule has 20 heavy (non-hydrogen) atoms. The van der Waals surface area contributed by atoms with Crippen LogP contribution < -0.4 is 5.32 Å². The molecule has 4 heteroatoms. The largest absolute Gasteiger partial charge is 0.478 e. The van der Waals surface area contributed by atoms with Crippen molar-refractivity contribution in [1.82, 2.24) is 5.32 Å². The van der Waals surface area contributed by atoms with Crippen LogP contribution in [0, 0.1) is 5.82 Å². The minimum atomic E-state index is -0.933. The molecule has 0 aliphatic rings. The third-order valence-corrected chi connectivity index (χ3v) is 3.22. The maximum atomic E-state index is 12.9. The maximum absolute atomic E-state index is 12.9. The normalized spacial score (nSPS) is 12.1. The molecule has 2 rings (SSSR count). The van der Waals surface area contributed by atoms with Crippen molar-refractivity contribution < 1.29 is 14.3 Å². The number of carbonyl (C=O) groups is 1. The van der Waals surface area contributed by atoms with Gasteiger partial charge in [0.05, 0.1) is 5.56 Å². The van der Waals surface area contributed by atoms with Gasteiger partial charge in [-0.25, -0.2) is 9.18 Å². The molecule has 3 nitrogen and oxygen atoms in total. The quantitative estimate of drug-likeness (QED) is 0.878. The van der Waals surface area contributed by atoms with Gasteiger partial charge in [0, 0.05) is 12.6 Å². The fourth-order valence-corrected chi connectivity index (χ4v) is 2.02. The average Bonchev–Trinajstić information content (AvgIpc) is 2.45. The van der Waals surface area contributed by atoms with Gasteiger partial charge in [0.2, 0.25) is 0 Å². The molecule has 0 radical (unpaired) electrons. The molecule has 0 unspecified atom stereocenters. The van der Waals surface area contributed by atoms with Crippen molar-refractivity contribution in [3.63, 3.8) is 0 Å². The van der Waals surface area contributed by atoms with E-state index in [0.717, 1.165) is 11.1 Å². The van der Waals surface area contributed by atoms with Gasteiger partial charge in [-0.05, 0) is 36.2 Å². The molecule has 0 heterocycles. The number of nitrogens with one attached hydrogen (secondary N) is 1. The van der Waals surface area contributed by atoms with Crippen LogP contribution in [0.25, 0.3) is 0 Å². The van der Waals surface area contributed by atoms with Crippen molar-refractivity contribution in [2.75, 3.05) is 0 Å². The molecule has 0 fully saturated rings. The fourth-order valence-electron chi connectivity index (χ4n) is 2.02. The van der Waals surface area contributed by atoms with E-state index in [0.29, 0.717) is 12.1 Å². The standard InChI is InChI=1S/C16H16FNO2/c1-11(12-6-8-14(17)9-7-12)18-10-13-4-2-3-5-15(13)16(19)20/h2-9,11,18H,10H2,1H3,(H,19,20)/t11-/m0/s1. The summed E-state index contributed by atoms with van der Waals surface area (Å²) in [5.74, 6) is -1.20. The lowest BCUT2D eigenvalue weighted by atomic mass is 10.1. The Morgan fingerprint density at radius 2 is 1.85 bits per heavy atom. The molecular weight excluding hydrogens is 257 g/mol. The summed E-state index contributed by atoms with van der Waals surface area (Å²) in [4.78, 5) is 11.1. The number of aromatic carboxylic acids is 1. The first-order chi connectivity index (χ1) is 9.58. The third-order valence-electron chi connectivity index (χ3n) is 3.22. The number of halogens is 1. The number of carboxylic acid groups (broad SMARTS) is 1. The van der Waals surface area contributed by atoms with E-state index in [1.54, 1.807) is 30.3 Å². The van der Waals surface area contributed by atoms with Crippen molar-refractivity contribution in [1.29, 1.82) is 0 Å². The first-order valence-corrected chi connectivity index (χ1v) is 6.38. The molecule has 2 aromatic rings. The number of hydrogen-bond acceptors (Lipinski definition) is 2. The Morgan fingerprint density at radius 1 is 1.20 bits per heavy atom. The Hall–Kier alpha value is -2.20. The van der Waals surface area contributed by atoms with Crippen LogP contribution in [0.1, 0.15) is 34.5 Å². The summed E-state index contributed by atoms with van der Waals surface area (Å²) in [6.45, 7) is 2.40. The van der Waals surface area contributed by atoms with Crippen molar-refractivity contribution >= 4 is 5.97 Å². The van der Waals surface area contributed by atoms with E-state index >= 15 is 0 Å². The van der Waals surface area contributed by atoms with Gasteiger partial charge in [-0.15, -0.1) is 0 Å². The molecule has 0 aliphatic heterocycles. The third kappa shape index (κ3) is 3.42. The van der Waals surface area contributed by atoms with E-state index in [1.807, 2.05) is 13.0 Å². The molecule has 0 saturated heterocycles. The highest BCUT2D eigenvalue weighted by Gasteiger charge is 2.10. The van der Waals surface area contributed by atoms with E-state index < -0.39 is 5.97 Å². The zero-order valence-corrected chi connectivity index (χ0v) is 11.1.